The molecule has 0 atom stereocenters. The van der Waals surface area contributed by atoms with Crippen molar-refractivity contribution in [2.75, 3.05) is 6.54 Å². The Balaban J connectivity index is 1.42. The smallest absolute Gasteiger partial charge is 0.346 e. The van der Waals surface area contributed by atoms with Crippen LogP contribution in [0.25, 0.3) is 0 Å². The van der Waals surface area contributed by atoms with Crippen molar-refractivity contribution in [1.82, 2.24) is 19.7 Å². The lowest BCUT2D eigenvalue weighted by molar-refractivity contribution is -0.122. The summed E-state index contributed by atoms with van der Waals surface area (Å²) in [7, 11) is 0. The molecule has 1 fully saturated rings. The zero-order chi connectivity index (χ0) is 18.9. The summed E-state index contributed by atoms with van der Waals surface area (Å²) >= 11 is 3.54. The minimum atomic E-state index is -0.160. The van der Waals surface area contributed by atoms with E-state index in [1.165, 1.54) is 16.7 Å². The van der Waals surface area contributed by atoms with Crippen LogP contribution < -0.4 is 11.0 Å². The van der Waals surface area contributed by atoms with Crippen molar-refractivity contribution in [2.24, 2.45) is 0 Å². The van der Waals surface area contributed by atoms with Gasteiger partial charge in [-0.25, -0.2) is 9.48 Å². The van der Waals surface area contributed by atoms with Crippen molar-refractivity contribution >= 4 is 21.8 Å². The summed E-state index contributed by atoms with van der Waals surface area (Å²) in [5, 5.41) is 7.45. The Kier molecular flexibility index (Phi) is 5.21. The predicted octanol–water partition coefficient (Wildman–Crippen LogP) is 2.77. The SMILES string of the molecule is O=C(Cn1nc2n(c1=O)CCCCC2)NCC1(c2cccc(Br)c2)CCC1. The number of carbonyl (C=O) groups is 1. The van der Waals surface area contributed by atoms with Gasteiger partial charge in [0, 0.05) is 29.4 Å². The summed E-state index contributed by atoms with van der Waals surface area (Å²) in [6, 6.07) is 8.33. The van der Waals surface area contributed by atoms with Crippen LogP contribution in [0.1, 0.15) is 49.9 Å². The van der Waals surface area contributed by atoms with Crippen LogP contribution in [0.2, 0.25) is 0 Å². The van der Waals surface area contributed by atoms with Crippen molar-refractivity contribution in [2.45, 2.75) is 63.5 Å². The van der Waals surface area contributed by atoms with Crippen molar-refractivity contribution in [1.29, 1.82) is 0 Å². The molecule has 0 spiro atoms. The molecule has 1 aliphatic heterocycles. The Morgan fingerprint density at radius 3 is 2.81 bits per heavy atom. The van der Waals surface area contributed by atoms with Gasteiger partial charge in [-0.05, 0) is 43.4 Å². The molecule has 1 aromatic heterocycles. The molecule has 2 heterocycles. The number of aryl methyl sites for hydroxylation is 1. The van der Waals surface area contributed by atoms with Crippen LogP contribution >= 0.6 is 15.9 Å². The minimum absolute atomic E-state index is 0.00655. The van der Waals surface area contributed by atoms with Crippen LogP contribution in [0.3, 0.4) is 0 Å². The average molecular weight is 433 g/mol. The molecular weight excluding hydrogens is 408 g/mol. The first-order valence-electron chi connectivity index (χ1n) is 9.77. The highest BCUT2D eigenvalue weighted by Gasteiger charge is 2.39. The fourth-order valence-corrected chi connectivity index (χ4v) is 4.58. The van der Waals surface area contributed by atoms with E-state index in [0.717, 1.165) is 48.8 Å². The summed E-state index contributed by atoms with van der Waals surface area (Å²) in [4.78, 5) is 25.0. The number of nitrogens with one attached hydrogen (secondary N) is 1. The molecule has 0 saturated heterocycles. The number of aromatic nitrogens is 3. The number of halogens is 1. The number of benzene rings is 1. The molecule has 144 valence electrons. The first-order valence-corrected chi connectivity index (χ1v) is 10.6. The van der Waals surface area contributed by atoms with Crippen LogP contribution in [0.15, 0.2) is 33.5 Å². The highest BCUT2D eigenvalue weighted by Crippen LogP contribution is 2.43. The molecule has 7 heteroatoms. The Morgan fingerprint density at radius 1 is 1.22 bits per heavy atom. The standard InChI is InChI=1S/C20H25BrN4O2/c21-16-7-4-6-15(12-16)20(9-5-10-20)14-22-18(26)13-25-19(27)24-11-3-1-2-8-17(24)23-25/h4,6-7,12H,1-3,5,8-11,13-14H2,(H,22,26). The van der Waals surface area contributed by atoms with Crippen LogP contribution in [-0.2, 0) is 29.7 Å². The zero-order valence-electron chi connectivity index (χ0n) is 15.4. The van der Waals surface area contributed by atoms with Gasteiger partial charge in [-0.1, -0.05) is 40.9 Å². The molecule has 0 bridgehead atoms. The fraction of sp³-hybridized carbons (Fsp3) is 0.550. The summed E-state index contributed by atoms with van der Waals surface area (Å²) in [5.74, 6) is 0.668. The normalized spacial score (nSPS) is 18.3. The van der Waals surface area contributed by atoms with E-state index in [9.17, 15) is 9.59 Å². The third-order valence-corrected chi connectivity index (χ3v) is 6.44. The van der Waals surface area contributed by atoms with E-state index >= 15 is 0 Å². The van der Waals surface area contributed by atoms with E-state index in [4.69, 9.17) is 0 Å². The minimum Gasteiger partial charge on any atom is -0.354 e. The summed E-state index contributed by atoms with van der Waals surface area (Å²) in [6.45, 7) is 1.31. The van der Waals surface area contributed by atoms with Crippen LogP contribution in [-0.4, -0.2) is 26.8 Å². The lowest BCUT2D eigenvalue weighted by atomic mass is 9.64. The molecule has 6 nitrogen and oxygen atoms in total. The molecular formula is C20H25BrN4O2. The van der Waals surface area contributed by atoms with E-state index in [0.29, 0.717) is 13.1 Å². The van der Waals surface area contributed by atoms with Crippen LogP contribution in [0.4, 0.5) is 0 Å². The molecule has 1 N–H and O–H groups in total. The van der Waals surface area contributed by atoms with Gasteiger partial charge in [0.1, 0.15) is 12.4 Å². The largest absolute Gasteiger partial charge is 0.354 e. The zero-order valence-corrected chi connectivity index (χ0v) is 17.0. The second-order valence-electron chi connectivity index (χ2n) is 7.74. The molecule has 1 amide bonds. The number of amides is 1. The highest BCUT2D eigenvalue weighted by molar-refractivity contribution is 9.10. The van der Waals surface area contributed by atoms with Crippen molar-refractivity contribution in [3.05, 3.63) is 50.6 Å². The lowest BCUT2D eigenvalue weighted by Crippen LogP contribution is -2.46. The fourth-order valence-electron chi connectivity index (χ4n) is 4.18. The van der Waals surface area contributed by atoms with Gasteiger partial charge >= 0.3 is 5.69 Å². The molecule has 1 aromatic carbocycles. The Morgan fingerprint density at radius 2 is 2.07 bits per heavy atom. The maximum atomic E-state index is 12.5. The highest BCUT2D eigenvalue weighted by atomic mass is 79.9. The Labute approximate surface area is 167 Å². The van der Waals surface area contributed by atoms with Crippen molar-refractivity contribution < 1.29 is 4.79 Å². The topological polar surface area (TPSA) is 68.9 Å². The third kappa shape index (κ3) is 3.74. The first-order chi connectivity index (χ1) is 13.1. The second-order valence-corrected chi connectivity index (χ2v) is 8.66. The Bertz CT molecular complexity index is 898. The van der Waals surface area contributed by atoms with Gasteiger partial charge in [0.05, 0.1) is 0 Å². The first kappa shape index (κ1) is 18.5. The van der Waals surface area contributed by atoms with Gasteiger partial charge in [0.25, 0.3) is 0 Å². The molecule has 2 aromatic rings. The van der Waals surface area contributed by atoms with Crippen molar-refractivity contribution in [3.63, 3.8) is 0 Å². The molecule has 1 aliphatic carbocycles. The van der Waals surface area contributed by atoms with Gasteiger partial charge in [-0.3, -0.25) is 9.36 Å². The average Bonchev–Trinajstić information content (AvgIpc) is 2.78. The number of fused-ring (bicyclic) bond motifs is 1. The molecule has 0 radical (unpaired) electrons. The lowest BCUT2D eigenvalue weighted by Gasteiger charge is -2.42. The number of hydrogen-bond donors (Lipinski definition) is 1. The predicted molar refractivity (Wildman–Crippen MR) is 107 cm³/mol. The number of nitrogens with zero attached hydrogens (tertiary/aromatic N) is 3. The summed E-state index contributed by atoms with van der Waals surface area (Å²) < 4.78 is 4.11. The van der Waals surface area contributed by atoms with Gasteiger partial charge in [-0.15, -0.1) is 0 Å². The Hall–Kier alpha value is -1.89. The second kappa shape index (κ2) is 7.62. The van der Waals surface area contributed by atoms with Crippen LogP contribution in [0.5, 0.6) is 0 Å². The number of rotatable bonds is 5. The molecule has 4 rings (SSSR count). The quantitative estimate of drug-likeness (QED) is 0.789. The van der Waals surface area contributed by atoms with Gasteiger partial charge < -0.3 is 5.32 Å². The van der Waals surface area contributed by atoms with E-state index in [1.807, 2.05) is 12.1 Å². The number of carbonyl (C=O) groups excluding carboxylic acids is 1. The maximum Gasteiger partial charge on any atom is 0.346 e. The van der Waals surface area contributed by atoms with Crippen LogP contribution in [0, 0.1) is 0 Å². The van der Waals surface area contributed by atoms with E-state index in [-0.39, 0.29) is 23.6 Å². The van der Waals surface area contributed by atoms with E-state index in [1.54, 1.807) is 4.57 Å². The van der Waals surface area contributed by atoms with E-state index < -0.39 is 0 Å². The molecule has 2 aliphatic rings. The van der Waals surface area contributed by atoms with Gasteiger partial charge in [-0.2, -0.15) is 5.10 Å². The molecule has 27 heavy (non-hydrogen) atoms. The number of hydrogen-bond acceptors (Lipinski definition) is 3. The summed E-state index contributed by atoms with van der Waals surface area (Å²) in [6.07, 6.45) is 7.31. The van der Waals surface area contributed by atoms with Gasteiger partial charge in [0.2, 0.25) is 5.91 Å². The summed E-state index contributed by atoms with van der Waals surface area (Å²) in [5.41, 5.74) is 1.11. The van der Waals surface area contributed by atoms with E-state index in [2.05, 4.69) is 38.5 Å². The third-order valence-electron chi connectivity index (χ3n) is 5.95. The monoisotopic (exact) mass is 432 g/mol. The molecule has 0 unspecified atom stereocenters. The molecule has 1 saturated carbocycles. The maximum absolute atomic E-state index is 12.5. The van der Waals surface area contributed by atoms with Crippen molar-refractivity contribution in [3.8, 4) is 0 Å². The van der Waals surface area contributed by atoms with Gasteiger partial charge in [0.15, 0.2) is 0 Å².